The molecule has 0 radical (unpaired) electrons. The van der Waals surface area contributed by atoms with E-state index < -0.39 is 41.6 Å². The van der Waals surface area contributed by atoms with Crippen LogP contribution < -0.4 is 25.6 Å². The Labute approximate surface area is 279 Å². The Bertz CT molecular complexity index is 1720. The van der Waals surface area contributed by atoms with Gasteiger partial charge in [0.05, 0.1) is 37.1 Å². The molecular formula is C35H43N5O8. The van der Waals surface area contributed by atoms with Crippen molar-refractivity contribution in [3.8, 4) is 5.75 Å². The van der Waals surface area contributed by atoms with Crippen LogP contribution in [0.5, 0.6) is 5.75 Å². The molecule has 13 heteroatoms. The number of nitrogens with two attached hydrogens (primary N) is 1. The molecule has 48 heavy (non-hydrogen) atoms. The average Bonchev–Trinajstić information content (AvgIpc) is 3.16. The van der Waals surface area contributed by atoms with Crippen molar-refractivity contribution in [2.24, 2.45) is 5.73 Å². The lowest BCUT2D eigenvalue weighted by molar-refractivity contribution is -0.130. The molecule has 1 heterocycles. The highest BCUT2D eigenvalue weighted by molar-refractivity contribution is 6.08. The Kier molecular flexibility index (Phi) is 10.9. The SMILES string of the molecule is COc1ccc2cc(C(=O)O)ccc2c1CN1C(=O)[C@@H](NC(=O)[C@H](C)N(C)C(=O)OC(C)(C)C)CN(C(=O)CCCN)c2ccccc21. The number of carbonyl (C=O) groups excluding carboxylic acids is 4. The number of carbonyl (C=O) groups is 5. The van der Waals surface area contributed by atoms with Crippen LogP contribution in [0, 0.1) is 0 Å². The molecule has 4 N–H and O–H groups in total. The monoisotopic (exact) mass is 661 g/mol. The van der Waals surface area contributed by atoms with E-state index in [-0.39, 0.29) is 31.0 Å². The van der Waals surface area contributed by atoms with Gasteiger partial charge in [-0.1, -0.05) is 24.3 Å². The van der Waals surface area contributed by atoms with Crippen molar-refractivity contribution in [3.05, 3.63) is 65.7 Å². The largest absolute Gasteiger partial charge is 0.496 e. The first kappa shape index (κ1) is 35.7. The van der Waals surface area contributed by atoms with E-state index in [0.29, 0.717) is 46.4 Å². The van der Waals surface area contributed by atoms with Crippen LogP contribution in [0.4, 0.5) is 16.2 Å². The Hall–Kier alpha value is -5.17. The molecule has 0 aromatic heterocycles. The van der Waals surface area contributed by atoms with Crippen molar-refractivity contribution >= 4 is 51.9 Å². The van der Waals surface area contributed by atoms with Gasteiger partial charge in [-0.15, -0.1) is 0 Å². The van der Waals surface area contributed by atoms with E-state index in [1.807, 2.05) is 0 Å². The maximum atomic E-state index is 14.6. The number of fused-ring (bicyclic) bond motifs is 2. The second kappa shape index (κ2) is 14.7. The molecule has 1 aliphatic rings. The fourth-order valence-electron chi connectivity index (χ4n) is 5.46. The molecule has 0 saturated heterocycles. The smallest absolute Gasteiger partial charge is 0.410 e. The number of carboxylic acids is 1. The summed E-state index contributed by atoms with van der Waals surface area (Å²) in [7, 11) is 2.93. The van der Waals surface area contributed by atoms with E-state index in [4.69, 9.17) is 15.2 Å². The zero-order valence-electron chi connectivity index (χ0n) is 28.1. The van der Waals surface area contributed by atoms with Crippen molar-refractivity contribution in [1.82, 2.24) is 10.2 Å². The molecule has 13 nitrogen and oxygen atoms in total. The van der Waals surface area contributed by atoms with E-state index in [0.717, 1.165) is 4.90 Å². The molecule has 0 fully saturated rings. The Morgan fingerprint density at radius 3 is 2.40 bits per heavy atom. The number of methoxy groups -OCH3 is 1. The molecule has 0 aliphatic carbocycles. The van der Waals surface area contributed by atoms with E-state index in [9.17, 15) is 29.1 Å². The predicted molar refractivity (Wildman–Crippen MR) is 181 cm³/mol. The van der Waals surface area contributed by atoms with Crippen LogP contribution in [0.25, 0.3) is 10.8 Å². The zero-order valence-corrected chi connectivity index (χ0v) is 28.1. The van der Waals surface area contributed by atoms with Gasteiger partial charge in [-0.3, -0.25) is 19.3 Å². The minimum absolute atomic E-state index is 0.0344. The molecule has 3 aromatic rings. The maximum absolute atomic E-state index is 14.6. The number of nitrogens with zero attached hydrogens (tertiary/aromatic N) is 3. The molecular weight excluding hydrogens is 618 g/mol. The van der Waals surface area contributed by atoms with Crippen LogP contribution in [0.15, 0.2) is 54.6 Å². The van der Waals surface area contributed by atoms with Crippen molar-refractivity contribution in [1.29, 1.82) is 0 Å². The summed E-state index contributed by atoms with van der Waals surface area (Å²) in [4.78, 5) is 70.3. The normalized spacial score (nSPS) is 15.3. The van der Waals surface area contributed by atoms with Crippen LogP contribution in [-0.2, 0) is 25.7 Å². The zero-order chi connectivity index (χ0) is 35.3. The maximum Gasteiger partial charge on any atom is 0.410 e. The Morgan fingerprint density at radius 1 is 1.08 bits per heavy atom. The van der Waals surface area contributed by atoms with Gasteiger partial charge >= 0.3 is 12.1 Å². The highest BCUT2D eigenvalue weighted by atomic mass is 16.6. The number of hydrogen-bond acceptors (Lipinski definition) is 8. The Balaban J connectivity index is 1.79. The number of anilines is 2. The molecule has 0 spiro atoms. The summed E-state index contributed by atoms with van der Waals surface area (Å²) < 4.78 is 11.1. The third-order valence-electron chi connectivity index (χ3n) is 8.12. The van der Waals surface area contributed by atoms with Gasteiger partial charge in [0, 0.05) is 19.0 Å². The average molecular weight is 662 g/mol. The topological polar surface area (TPSA) is 172 Å². The van der Waals surface area contributed by atoms with E-state index in [2.05, 4.69) is 5.32 Å². The molecule has 3 aromatic carbocycles. The summed E-state index contributed by atoms with van der Waals surface area (Å²) in [6.07, 6.45) is -0.158. The first-order valence-electron chi connectivity index (χ1n) is 15.7. The lowest BCUT2D eigenvalue weighted by Gasteiger charge is -2.30. The second-order valence-corrected chi connectivity index (χ2v) is 12.6. The minimum Gasteiger partial charge on any atom is -0.496 e. The van der Waals surface area contributed by atoms with Crippen LogP contribution >= 0.6 is 0 Å². The van der Waals surface area contributed by atoms with Crippen molar-refractivity contribution in [2.75, 3.05) is 37.0 Å². The number of rotatable bonds is 10. The minimum atomic E-state index is -1.21. The van der Waals surface area contributed by atoms with E-state index in [1.165, 1.54) is 36.9 Å². The number of para-hydroxylation sites is 2. The fraction of sp³-hybridized carbons (Fsp3) is 0.400. The van der Waals surface area contributed by atoms with Crippen LogP contribution in [0.3, 0.4) is 0 Å². The third kappa shape index (κ3) is 7.85. The number of carboxylic acid groups (broad SMARTS) is 1. The number of nitrogens with one attached hydrogen (secondary N) is 1. The fourth-order valence-corrected chi connectivity index (χ4v) is 5.46. The van der Waals surface area contributed by atoms with Gasteiger partial charge in [-0.05, 0) is 81.8 Å². The van der Waals surface area contributed by atoms with Gasteiger partial charge in [-0.2, -0.15) is 0 Å². The Morgan fingerprint density at radius 2 is 1.77 bits per heavy atom. The number of amides is 4. The molecule has 0 saturated carbocycles. The van der Waals surface area contributed by atoms with Gasteiger partial charge in [0.1, 0.15) is 23.4 Å². The highest BCUT2D eigenvalue weighted by Gasteiger charge is 2.38. The quantitative estimate of drug-likeness (QED) is 0.291. The van der Waals surface area contributed by atoms with Gasteiger partial charge in [0.2, 0.25) is 11.8 Å². The molecule has 1 aliphatic heterocycles. The first-order chi connectivity index (χ1) is 22.7. The molecule has 4 rings (SSSR count). The van der Waals surface area contributed by atoms with Gasteiger partial charge in [-0.25, -0.2) is 9.59 Å². The molecule has 0 unspecified atom stereocenters. The van der Waals surface area contributed by atoms with Crippen LogP contribution in [-0.4, -0.2) is 84.7 Å². The first-order valence-corrected chi connectivity index (χ1v) is 15.7. The van der Waals surface area contributed by atoms with Crippen LogP contribution in [0.1, 0.15) is 56.5 Å². The van der Waals surface area contributed by atoms with Crippen molar-refractivity contribution < 1.29 is 38.6 Å². The van der Waals surface area contributed by atoms with E-state index >= 15 is 0 Å². The molecule has 0 bridgehead atoms. The summed E-state index contributed by atoms with van der Waals surface area (Å²) in [5, 5.41) is 13.6. The second-order valence-electron chi connectivity index (χ2n) is 12.6. The summed E-state index contributed by atoms with van der Waals surface area (Å²) in [6, 6.07) is 12.9. The van der Waals surface area contributed by atoms with Gasteiger partial charge in [0.15, 0.2) is 0 Å². The highest BCUT2D eigenvalue weighted by Crippen LogP contribution is 2.37. The van der Waals surface area contributed by atoms with Crippen LogP contribution in [0.2, 0.25) is 0 Å². The lowest BCUT2D eigenvalue weighted by Crippen LogP contribution is -2.57. The predicted octanol–water partition coefficient (Wildman–Crippen LogP) is 3.91. The number of likely N-dealkylation sites (N-methyl/N-ethyl adjacent to an activating group) is 1. The molecule has 4 amide bonds. The molecule has 2 atom stereocenters. The van der Waals surface area contributed by atoms with Gasteiger partial charge < -0.3 is 35.4 Å². The van der Waals surface area contributed by atoms with Crippen molar-refractivity contribution in [2.45, 2.75) is 64.8 Å². The van der Waals surface area contributed by atoms with E-state index in [1.54, 1.807) is 69.3 Å². The van der Waals surface area contributed by atoms with Gasteiger partial charge in [0.25, 0.3) is 5.91 Å². The standard InChI is InChI=1S/C35H43N5O8/c1-21(38(5)34(46)48-35(2,3)4)31(42)37-26-20-39(30(41)12-9-17-36)27-10-7-8-11-28(27)40(32(26)43)19-25-24-15-13-23(33(44)45)18-22(24)14-16-29(25)47-6/h7-8,10-11,13-16,18,21,26H,9,12,17,19-20,36H2,1-6H3,(H,37,42)(H,44,45)/t21-,26-/m0/s1. The number of hydrogen-bond donors (Lipinski definition) is 3. The summed E-state index contributed by atoms with van der Waals surface area (Å²) in [5.74, 6) is -2.01. The molecule has 256 valence electrons. The summed E-state index contributed by atoms with van der Waals surface area (Å²) in [5.41, 5.74) is 6.52. The summed E-state index contributed by atoms with van der Waals surface area (Å²) >= 11 is 0. The lowest BCUT2D eigenvalue weighted by atomic mass is 10.00. The van der Waals surface area contributed by atoms with Crippen molar-refractivity contribution in [3.63, 3.8) is 0 Å². The number of benzene rings is 3. The number of aromatic carboxylic acids is 1. The third-order valence-corrected chi connectivity index (χ3v) is 8.12. The summed E-state index contributed by atoms with van der Waals surface area (Å²) in [6.45, 7) is 6.76. The number of ether oxygens (including phenoxy) is 2.